The maximum Gasteiger partial charge on any atom is 0.325 e. The first-order valence-corrected chi connectivity index (χ1v) is 6.97. The predicted octanol–water partition coefficient (Wildman–Crippen LogP) is 2.73. The van der Waals surface area contributed by atoms with Crippen molar-refractivity contribution in [1.29, 1.82) is 0 Å². The van der Waals surface area contributed by atoms with Crippen molar-refractivity contribution in [1.82, 2.24) is 0 Å². The van der Waals surface area contributed by atoms with Crippen LogP contribution >= 0.6 is 0 Å². The number of hydrogen-bond donors (Lipinski definition) is 1. The van der Waals surface area contributed by atoms with Crippen LogP contribution in [0.15, 0.2) is 0 Å². The molecule has 1 fully saturated rings. The summed E-state index contributed by atoms with van der Waals surface area (Å²) in [6, 6.07) is 0. The number of carboxylic acids is 1. The highest BCUT2D eigenvalue weighted by Crippen LogP contribution is 2.24. The van der Waals surface area contributed by atoms with E-state index < -0.39 is 23.6 Å². The lowest BCUT2D eigenvalue weighted by Crippen LogP contribution is -2.38. The van der Waals surface area contributed by atoms with Gasteiger partial charge in [-0.3, -0.25) is 9.59 Å². The average Bonchev–Trinajstić information content (AvgIpc) is 2.38. The summed E-state index contributed by atoms with van der Waals surface area (Å²) in [7, 11) is 0. The van der Waals surface area contributed by atoms with Crippen molar-refractivity contribution in [3.63, 3.8) is 0 Å². The molecule has 0 spiro atoms. The molecule has 0 radical (unpaired) electrons. The van der Waals surface area contributed by atoms with Gasteiger partial charge in [-0.1, -0.05) is 26.2 Å². The van der Waals surface area contributed by atoms with Gasteiger partial charge in [0.1, 0.15) is 0 Å². The normalized spacial score (nSPS) is 18.9. The van der Waals surface area contributed by atoms with Crippen molar-refractivity contribution in [2.24, 2.45) is 5.41 Å². The molecule has 110 valence electrons. The third-order valence-corrected chi connectivity index (χ3v) is 3.51. The Hall–Kier alpha value is -1.10. The summed E-state index contributed by atoms with van der Waals surface area (Å²) in [5, 5.41) is 8.98. The number of rotatable bonds is 6. The monoisotopic (exact) mass is 272 g/mol. The van der Waals surface area contributed by atoms with Gasteiger partial charge in [0.2, 0.25) is 6.29 Å². The number of carbonyl (C=O) groups is 2. The van der Waals surface area contributed by atoms with Crippen LogP contribution in [0, 0.1) is 5.41 Å². The molecule has 0 amide bonds. The Bertz CT molecular complexity index is 318. The van der Waals surface area contributed by atoms with E-state index >= 15 is 0 Å². The minimum Gasteiger partial charge on any atom is -0.480 e. The summed E-state index contributed by atoms with van der Waals surface area (Å²) in [6.07, 6.45) is 5.46. The lowest BCUT2D eigenvalue weighted by atomic mass is 9.94. The zero-order valence-corrected chi connectivity index (χ0v) is 12.0. The van der Waals surface area contributed by atoms with E-state index in [4.69, 9.17) is 14.6 Å². The molecule has 0 aromatic carbocycles. The van der Waals surface area contributed by atoms with Gasteiger partial charge in [0.25, 0.3) is 0 Å². The fraction of sp³-hybridized carbons (Fsp3) is 0.857. The first-order valence-electron chi connectivity index (χ1n) is 6.97. The van der Waals surface area contributed by atoms with Crippen molar-refractivity contribution in [2.45, 2.75) is 71.7 Å². The van der Waals surface area contributed by atoms with Crippen LogP contribution in [0.4, 0.5) is 0 Å². The highest BCUT2D eigenvalue weighted by atomic mass is 16.7. The van der Waals surface area contributed by atoms with Gasteiger partial charge in [0, 0.05) is 6.42 Å². The molecule has 0 aliphatic heterocycles. The zero-order valence-electron chi connectivity index (χ0n) is 12.0. The highest BCUT2D eigenvalue weighted by Gasteiger charge is 2.39. The quantitative estimate of drug-likeness (QED) is 0.457. The molecule has 5 heteroatoms. The van der Waals surface area contributed by atoms with Crippen LogP contribution in [0.25, 0.3) is 0 Å². The molecule has 5 nitrogen and oxygen atoms in total. The lowest BCUT2D eigenvalue weighted by molar-refractivity contribution is -0.203. The van der Waals surface area contributed by atoms with Gasteiger partial charge in [-0.15, -0.1) is 0 Å². The smallest absolute Gasteiger partial charge is 0.325 e. The summed E-state index contributed by atoms with van der Waals surface area (Å²) in [5.41, 5.74) is -1.54. The fourth-order valence-electron chi connectivity index (χ4n) is 1.98. The number of carboxylic acid groups (broad SMARTS) is 1. The third-order valence-electron chi connectivity index (χ3n) is 3.51. The van der Waals surface area contributed by atoms with Gasteiger partial charge in [0.15, 0.2) is 5.41 Å². The molecule has 1 N–H and O–H groups in total. The first-order chi connectivity index (χ1) is 8.87. The van der Waals surface area contributed by atoms with Crippen LogP contribution in [0.3, 0.4) is 0 Å². The molecule has 0 aromatic heterocycles. The van der Waals surface area contributed by atoms with E-state index in [0.29, 0.717) is 6.42 Å². The average molecular weight is 272 g/mol. The molecule has 1 aliphatic rings. The summed E-state index contributed by atoms with van der Waals surface area (Å²) in [5.74, 6) is -1.94. The molecular formula is C14H24O5. The van der Waals surface area contributed by atoms with Crippen LogP contribution in [-0.4, -0.2) is 29.4 Å². The second-order valence-corrected chi connectivity index (χ2v) is 5.57. The summed E-state index contributed by atoms with van der Waals surface area (Å²) in [6.45, 7) is 4.53. The minimum atomic E-state index is -1.54. The number of esters is 1. The van der Waals surface area contributed by atoms with Crippen LogP contribution in [-0.2, 0) is 19.1 Å². The first kappa shape index (κ1) is 16.0. The third kappa shape index (κ3) is 4.49. The molecule has 0 aromatic rings. The Labute approximate surface area is 114 Å². The van der Waals surface area contributed by atoms with Crippen molar-refractivity contribution in [3.8, 4) is 0 Å². The molecule has 0 saturated heterocycles. The van der Waals surface area contributed by atoms with E-state index in [9.17, 15) is 9.59 Å². The largest absolute Gasteiger partial charge is 0.480 e. The summed E-state index contributed by atoms with van der Waals surface area (Å²) in [4.78, 5) is 22.8. The molecule has 1 unspecified atom stereocenters. The van der Waals surface area contributed by atoms with Crippen LogP contribution in [0.2, 0.25) is 0 Å². The predicted molar refractivity (Wildman–Crippen MR) is 69.5 cm³/mol. The zero-order chi connectivity index (χ0) is 14.5. The van der Waals surface area contributed by atoms with E-state index in [2.05, 4.69) is 0 Å². The van der Waals surface area contributed by atoms with Crippen molar-refractivity contribution in [2.75, 3.05) is 0 Å². The summed E-state index contributed by atoms with van der Waals surface area (Å²) < 4.78 is 10.9. The molecule has 1 aliphatic carbocycles. The summed E-state index contributed by atoms with van der Waals surface area (Å²) >= 11 is 0. The molecule has 1 saturated carbocycles. The maximum absolute atomic E-state index is 11.8. The molecule has 1 atom stereocenters. The molecule has 0 bridgehead atoms. The van der Waals surface area contributed by atoms with Crippen molar-refractivity contribution < 1.29 is 24.2 Å². The van der Waals surface area contributed by atoms with E-state index in [-0.39, 0.29) is 6.10 Å². The lowest BCUT2D eigenvalue weighted by Gasteiger charge is -2.28. The van der Waals surface area contributed by atoms with E-state index in [0.717, 1.165) is 25.7 Å². The second kappa shape index (κ2) is 6.89. The van der Waals surface area contributed by atoms with Crippen molar-refractivity contribution >= 4 is 11.9 Å². The highest BCUT2D eigenvalue weighted by molar-refractivity contribution is 5.98. The number of aliphatic carboxylic acids is 1. The van der Waals surface area contributed by atoms with E-state index in [1.54, 1.807) is 0 Å². The number of ether oxygens (including phenoxy) is 2. The SMILES string of the molecule is CCC(OC(=O)C(C)(C)C(=O)O)OC1CCCCC1. The van der Waals surface area contributed by atoms with E-state index in [1.807, 2.05) is 6.92 Å². The standard InChI is InChI=1S/C14H24O5/c1-4-11(18-10-8-6-5-7-9-10)19-13(17)14(2,3)12(15)16/h10-11H,4-9H2,1-3H3,(H,15,16). The van der Waals surface area contributed by atoms with Gasteiger partial charge < -0.3 is 14.6 Å². The topological polar surface area (TPSA) is 72.8 Å². The Kier molecular flexibility index (Phi) is 5.79. The Morgan fingerprint density at radius 1 is 1.26 bits per heavy atom. The Morgan fingerprint density at radius 3 is 2.32 bits per heavy atom. The molecule has 1 rings (SSSR count). The fourth-order valence-corrected chi connectivity index (χ4v) is 1.98. The van der Waals surface area contributed by atoms with Crippen LogP contribution in [0.1, 0.15) is 59.3 Å². The molecule has 19 heavy (non-hydrogen) atoms. The Morgan fingerprint density at radius 2 is 1.84 bits per heavy atom. The second-order valence-electron chi connectivity index (χ2n) is 5.57. The van der Waals surface area contributed by atoms with E-state index in [1.165, 1.54) is 20.3 Å². The van der Waals surface area contributed by atoms with Gasteiger partial charge >= 0.3 is 11.9 Å². The Balaban J connectivity index is 2.51. The van der Waals surface area contributed by atoms with Crippen molar-refractivity contribution in [3.05, 3.63) is 0 Å². The molecular weight excluding hydrogens is 248 g/mol. The number of carbonyl (C=O) groups excluding carboxylic acids is 1. The molecule has 0 heterocycles. The van der Waals surface area contributed by atoms with Crippen LogP contribution in [0.5, 0.6) is 0 Å². The minimum absolute atomic E-state index is 0.124. The van der Waals surface area contributed by atoms with Gasteiger partial charge in [-0.25, -0.2) is 0 Å². The maximum atomic E-state index is 11.8. The van der Waals surface area contributed by atoms with Crippen LogP contribution < -0.4 is 0 Å². The van der Waals surface area contributed by atoms with Gasteiger partial charge in [0.05, 0.1) is 6.10 Å². The van der Waals surface area contributed by atoms with Gasteiger partial charge in [-0.05, 0) is 26.7 Å². The van der Waals surface area contributed by atoms with Gasteiger partial charge in [-0.2, -0.15) is 0 Å². The number of hydrogen-bond acceptors (Lipinski definition) is 4.